The van der Waals surface area contributed by atoms with Gasteiger partial charge >= 0.3 is 0 Å². The van der Waals surface area contributed by atoms with Gasteiger partial charge in [-0.25, -0.2) is 0 Å². The van der Waals surface area contributed by atoms with Crippen LogP contribution in [0.1, 0.15) is 49.8 Å². The highest BCUT2D eigenvalue weighted by Gasteiger charge is 2.23. The molecule has 1 aliphatic rings. The Labute approximate surface area is 118 Å². The summed E-state index contributed by atoms with van der Waals surface area (Å²) in [5.41, 5.74) is 1.32. The Morgan fingerprint density at radius 2 is 2.10 bits per heavy atom. The van der Waals surface area contributed by atoms with Crippen molar-refractivity contribution in [2.45, 2.75) is 39.0 Å². The van der Waals surface area contributed by atoms with Crippen molar-refractivity contribution in [1.29, 1.82) is 0 Å². The molecule has 0 aliphatic heterocycles. The molecule has 0 atom stereocenters. The molecule has 106 valence electrons. The van der Waals surface area contributed by atoms with Crippen molar-refractivity contribution in [3.63, 3.8) is 0 Å². The van der Waals surface area contributed by atoms with E-state index < -0.39 is 0 Å². The van der Waals surface area contributed by atoms with Gasteiger partial charge in [0.25, 0.3) is 5.91 Å². The molecule has 5 heteroatoms. The van der Waals surface area contributed by atoms with Crippen molar-refractivity contribution in [2.24, 2.45) is 5.92 Å². The van der Waals surface area contributed by atoms with Gasteiger partial charge in [0, 0.05) is 18.2 Å². The van der Waals surface area contributed by atoms with E-state index in [0.29, 0.717) is 11.5 Å². The van der Waals surface area contributed by atoms with Gasteiger partial charge in [0.05, 0.1) is 5.56 Å². The van der Waals surface area contributed by atoms with Crippen LogP contribution in [0.2, 0.25) is 0 Å². The van der Waals surface area contributed by atoms with Crippen LogP contribution in [0.15, 0.2) is 18.3 Å². The molecule has 2 heterocycles. The Morgan fingerprint density at radius 3 is 2.75 bits per heavy atom. The number of hydrogen-bond donors (Lipinski definition) is 1. The predicted molar refractivity (Wildman–Crippen MR) is 76.7 cm³/mol. The first kappa shape index (κ1) is 13.1. The fourth-order valence-corrected chi connectivity index (χ4v) is 2.20. The van der Waals surface area contributed by atoms with Crippen LogP contribution in [0.3, 0.4) is 0 Å². The second-order valence-corrected chi connectivity index (χ2v) is 6.57. The number of rotatable bonds is 3. The predicted octanol–water partition coefficient (Wildman–Crippen LogP) is 2.17. The van der Waals surface area contributed by atoms with E-state index in [9.17, 15) is 4.79 Å². The summed E-state index contributed by atoms with van der Waals surface area (Å²) in [6.45, 7) is 7.04. The first-order valence-corrected chi connectivity index (χ1v) is 7.08. The largest absolute Gasteiger partial charge is 0.352 e. The number of amides is 1. The first-order chi connectivity index (χ1) is 9.45. The van der Waals surface area contributed by atoms with Crippen molar-refractivity contribution in [3.05, 3.63) is 29.7 Å². The maximum absolute atomic E-state index is 12.1. The number of nitrogens with one attached hydrogen (secondary N) is 1. The smallest absolute Gasteiger partial charge is 0.252 e. The van der Waals surface area contributed by atoms with Gasteiger partial charge in [-0.05, 0) is 30.9 Å². The van der Waals surface area contributed by atoms with Crippen LogP contribution in [-0.4, -0.2) is 27.0 Å². The van der Waals surface area contributed by atoms with Crippen LogP contribution < -0.4 is 5.32 Å². The van der Waals surface area contributed by atoms with Crippen LogP contribution in [-0.2, 0) is 5.41 Å². The third-order valence-electron chi connectivity index (χ3n) is 3.58. The third-order valence-corrected chi connectivity index (χ3v) is 3.58. The summed E-state index contributed by atoms with van der Waals surface area (Å²) in [6, 6.07) is 3.65. The van der Waals surface area contributed by atoms with Crippen LogP contribution in [0.25, 0.3) is 5.65 Å². The topological polar surface area (TPSA) is 59.3 Å². The summed E-state index contributed by atoms with van der Waals surface area (Å²) in [7, 11) is 0. The van der Waals surface area contributed by atoms with Crippen LogP contribution in [0, 0.1) is 5.92 Å². The molecule has 0 spiro atoms. The Hall–Kier alpha value is -1.91. The highest BCUT2D eigenvalue weighted by atomic mass is 16.1. The molecule has 3 rings (SSSR count). The fourth-order valence-electron chi connectivity index (χ4n) is 2.20. The van der Waals surface area contributed by atoms with Gasteiger partial charge in [0.1, 0.15) is 5.82 Å². The van der Waals surface area contributed by atoms with E-state index in [-0.39, 0.29) is 11.3 Å². The van der Waals surface area contributed by atoms with Gasteiger partial charge in [-0.2, -0.15) is 0 Å². The second kappa shape index (κ2) is 4.58. The molecule has 0 bridgehead atoms. The standard InChI is InChI=1S/C15H20N4O/c1-15(2,3)14-18-17-12-7-6-11(9-19(12)14)13(20)16-8-10-4-5-10/h6-7,9-10H,4-5,8H2,1-3H3,(H,16,20). The molecule has 0 radical (unpaired) electrons. The molecule has 1 aliphatic carbocycles. The van der Waals surface area contributed by atoms with Crippen LogP contribution in [0.5, 0.6) is 0 Å². The van der Waals surface area contributed by atoms with E-state index in [1.54, 1.807) is 6.07 Å². The minimum absolute atomic E-state index is 0.0210. The quantitative estimate of drug-likeness (QED) is 0.931. The number of aromatic nitrogens is 3. The second-order valence-electron chi connectivity index (χ2n) is 6.57. The lowest BCUT2D eigenvalue weighted by atomic mass is 9.96. The number of nitrogens with zero attached hydrogens (tertiary/aromatic N) is 3. The van der Waals surface area contributed by atoms with Crippen molar-refractivity contribution >= 4 is 11.6 Å². The molecular weight excluding hydrogens is 252 g/mol. The van der Waals surface area contributed by atoms with Crippen molar-refractivity contribution < 1.29 is 4.79 Å². The third kappa shape index (κ3) is 2.53. The summed E-state index contributed by atoms with van der Waals surface area (Å²) in [5, 5.41) is 11.4. The Bertz CT molecular complexity index is 649. The van der Waals surface area contributed by atoms with Gasteiger partial charge in [-0.3, -0.25) is 9.20 Å². The number of carbonyl (C=O) groups excluding carboxylic acids is 1. The van der Waals surface area contributed by atoms with Crippen molar-refractivity contribution in [1.82, 2.24) is 19.9 Å². The molecule has 0 saturated heterocycles. The molecule has 1 saturated carbocycles. The summed E-state index contributed by atoms with van der Waals surface area (Å²) in [4.78, 5) is 12.1. The average Bonchev–Trinajstić information content (AvgIpc) is 3.11. The normalized spacial score (nSPS) is 15.6. The van der Waals surface area contributed by atoms with Crippen molar-refractivity contribution in [2.75, 3.05) is 6.54 Å². The highest BCUT2D eigenvalue weighted by molar-refractivity contribution is 5.94. The van der Waals surface area contributed by atoms with Gasteiger partial charge in [0.2, 0.25) is 0 Å². The van der Waals surface area contributed by atoms with Gasteiger partial charge in [0.15, 0.2) is 5.65 Å². The van der Waals surface area contributed by atoms with Crippen molar-refractivity contribution in [3.8, 4) is 0 Å². The van der Waals surface area contributed by atoms with E-state index in [1.165, 1.54) is 12.8 Å². The molecule has 5 nitrogen and oxygen atoms in total. The molecule has 1 amide bonds. The number of pyridine rings is 1. The Morgan fingerprint density at radius 1 is 1.35 bits per heavy atom. The maximum atomic E-state index is 12.1. The van der Waals surface area contributed by atoms with Gasteiger partial charge in [-0.15, -0.1) is 10.2 Å². The first-order valence-electron chi connectivity index (χ1n) is 7.08. The fraction of sp³-hybridized carbons (Fsp3) is 0.533. The summed E-state index contributed by atoms with van der Waals surface area (Å²) in [6.07, 6.45) is 4.30. The Balaban J connectivity index is 1.90. The van der Waals surface area contributed by atoms with E-state index >= 15 is 0 Å². The minimum Gasteiger partial charge on any atom is -0.352 e. The monoisotopic (exact) mass is 272 g/mol. The number of fused-ring (bicyclic) bond motifs is 1. The Kier molecular flexibility index (Phi) is 3.00. The maximum Gasteiger partial charge on any atom is 0.252 e. The lowest BCUT2D eigenvalue weighted by molar-refractivity contribution is 0.0951. The molecular formula is C15H20N4O. The summed E-state index contributed by atoms with van der Waals surface area (Å²) in [5.74, 6) is 1.53. The zero-order valence-corrected chi connectivity index (χ0v) is 12.2. The van der Waals surface area contributed by atoms with E-state index in [0.717, 1.165) is 18.0 Å². The van der Waals surface area contributed by atoms with E-state index in [4.69, 9.17) is 0 Å². The molecule has 1 fully saturated rings. The average molecular weight is 272 g/mol. The summed E-state index contributed by atoms with van der Waals surface area (Å²) < 4.78 is 1.91. The number of hydrogen-bond acceptors (Lipinski definition) is 3. The molecule has 20 heavy (non-hydrogen) atoms. The zero-order chi connectivity index (χ0) is 14.3. The summed E-state index contributed by atoms with van der Waals surface area (Å²) >= 11 is 0. The molecule has 2 aromatic rings. The van der Waals surface area contributed by atoms with E-state index in [2.05, 4.69) is 36.3 Å². The molecule has 1 N–H and O–H groups in total. The molecule has 2 aromatic heterocycles. The van der Waals surface area contributed by atoms with Crippen LogP contribution in [0.4, 0.5) is 0 Å². The minimum atomic E-state index is -0.109. The SMILES string of the molecule is CC(C)(C)c1nnc2ccc(C(=O)NCC3CC3)cn12. The molecule has 0 aromatic carbocycles. The highest BCUT2D eigenvalue weighted by Crippen LogP contribution is 2.27. The van der Waals surface area contributed by atoms with Gasteiger partial charge in [-0.1, -0.05) is 20.8 Å². The molecule has 0 unspecified atom stereocenters. The van der Waals surface area contributed by atoms with E-state index in [1.807, 2.05) is 16.7 Å². The van der Waals surface area contributed by atoms with Gasteiger partial charge < -0.3 is 5.32 Å². The zero-order valence-electron chi connectivity index (χ0n) is 12.2. The van der Waals surface area contributed by atoms with Crippen LogP contribution >= 0.6 is 0 Å². The number of carbonyl (C=O) groups is 1. The lowest BCUT2D eigenvalue weighted by Gasteiger charge is -2.15. The lowest BCUT2D eigenvalue weighted by Crippen LogP contribution is -2.26.